The minimum absolute atomic E-state index is 0.168. The van der Waals surface area contributed by atoms with Crippen LogP contribution < -0.4 is 4.74 Å². The summed E-state index contributed by atoms with van der Waals surface area (Å²) < 4.78 is 5.32. The number of hydrogen-bond acceptors (Lipinski definition) is 2. The molecule has 1 fully saturated rings. The molecule has 17 heavy (non-hydrogen) atoms. The predicted octanol–water partition coefficient (Wildman–Crippen LogP) is 3.95. The zero-order chi connectivity index (χ0) is 12.6. The molecule has 0 bridgehead atoms. The van der Waals surface area contributed by atoms with Crippen LogP contribution in [0.2, 0.25) is 5.02 Å². The Bertz CT molecular complexity index is 462. The molecule has 0 aliphatic heterocycles. The van der Waals surface area contributed by atoms with E-state index in [1.807, 2.05) is 19.9 Å². The number of ether oxygens (including phenoxy) is 1. The maximum Gasteiger partial charge on any atom is 0.169 e. The fourth-order valence-corrected chi connectivity index (χ4v) is 2.41. The Morgan fingerprint density at radius 3 is 2.53 bits per heavy atom. The smallest absolute Gasteiger partial charge is 0.169 e. The third-order valence-corrected chi connectivity index (χ3v) is 4.17. The van der Waals surface area contributed by atoms with Crippen molar-refractivity contribution in [3.05, 3.63) is 27.8 Å². The average molecular weight is 253 g/mol. The minimum atomic E-state index is 0.168. The van der Waals surface area contributed by atoms with Gasteiger partial charge in [0.2, 0.25) is 0 Å². The van der Waals surface area contributed by atoms with Crippen LogP contribution in [0.15, 0.2) is 6.07 Å². The quantitative estimate of drug-likeness (QED) is 0.762. The number of ketones is 1. The van der Waals surface area contributed by atoms with Crippen molar-refractivity contribution >= 4 is 17.4 Å². The highest BCUT2D eigenvalue weighted by Crippen LogP contribution is 2.37. The number of halogens is 1. The molecule has 1 aliphatic carbocycles. The molecule has 1 saturated carbocycles. The Labute approximate surface area is 107 Å². The van der Waals surface area contributed by atoms with Crippen LogP contribution in [0, 0.1) is 19.8 Å². The fraction of sp³-hybridized carbons (Fsp3) is 0.500. The molecule has 1 aromatic carbocycles. The molecule has 0 radical (unpaired) electrons. The molecular weight excluding hydrogens is 236 g/mol. The highest BCUT2D eigenvalue weighted by molar-refractivity contribution is 6.32. The van der Waals surface area contributed by atoms with Crippen LogP contribution in [0.25, 0.3) is 0 Å². The van der Waals surface area contributed by atoms with Gasteiger partial charge in [0.05, 0.1) is 12.7 Å². The van der Waals surface area contributed by atoms with Crippen LogP contribution in [0.5, 0.6) is 5.75 Å². The van der Waals surface area contributed by atoms with Crippen molar-refractivity contribution in [2.24, 2.45) is 5.92 Å². The van der Waals surface area contributed by atoms with Gasteiger partial charge in [-0.05, 0) is 43.9 Å². The molecule has 3 heteroatoms. The van der Waals surface area contributed by atoms with Gasteiger partial charge in [-0.2, -0.15) is 0 Å². The SMILES string of the molecule is COc1cc(C)c(Cl)c(C)c1C(=O)C1CCC1. The number of carbonyl (C=O) groups is 1. The number of rotatable bonds is 3. The van der Waals surface area contributed by atoms with Gasteiger partial charge in [0, 0.05) is 10.9 Å². The Morgan fingerprint density at radius 2 is 2.06 bits per heavy atom. The Kier molecular flexibility index (Phi) is 3.43. The van der Waals surface area contributed by atoms with Gasteiger partial charge >= 0.3 is 0 Å². The molecule has 0 N–H and O–H groups in total. The second-order valence-electron chi connectivity index (χ2n) is 4.70. The van der Waals surface area contributed by atoms with Gasteiger partial charge in [-0.3, -0.25) is 4.79 Å². The molecule has 0 atom stereocenters. The summed E-state index contributed by atoms with van der Waals surface area (Å²) in [5.41, 5.74) is 2.47. The number of hydrogen-bond donors (Lipinski definition) is 0. The van der Waals surface area contributed by atoms with Crippen LogP contribution in [0.3, 0.4) is 0 Å². The van der Waals surface area contributed by atoms with Crippen LogP contribution in [0.1, 0.15) is 40.7 Å². The van der Waals surface area contributed by atoms with Gasteiger partial charge in [0.25, 0.3) is 0 Å². The zero-order valence-corrected chi connectivity index (χ0v) is 11.2. The molecule has 0 unspecified atom stereocenters. The summed E-state index contributed by atoms with van der Waals surface area (Å²) in [5, 5.41) is 0.675. The summed E-state index contributed by atoms with van der Waals surface area (Å²) >= 11 is 6.21. The van der Waals surface area contributed by atoms with Crippen LogP contribution in [-0.2, 0) is 0 Å². The highest BCUT2D eigenvalue weighted by atomic mass is 35.5. The maximum absolute atomic E-state index is 12.4. The van der Waals surface area contributed by atoms with Crippen molar-refractivity contribution in [1.82, 2.24) is 0 Å². The number of methoxy groups -OCH3 is 1. The minimum Gasteiger partial charge on any atom is -0.496 e. The lowest BCUT2D eigenvalue weighted by Gasteiger charge is -2.26. The van der Waals surface area contributed by atoms with Gasteiger partial charge in [0.15, 0.2) is 5.78 Å². The molecule has 92 valence electrons. The lowest BCUT2D eigenvalue weighted by atomic mass is 9.78. The van der Waals surface area contributed by atoms with Crippen LogP contribution in [0.4, 0.5) is 0 Å². The largest absolute Gasteiger partial charge is 0.496 e. The van der Waals surface area contributed by atoms with Gasteiger partial charge in [-0.15, -0.1) is 0 Å². The van der Waals surface area contributed by atoms with Crippen molar-refractivity contribution in [2.45, 2.75) is 33.1 Å². The molecule has 2 rings (SSSR count). The molecule has 0 aromatic heterocycles. The molecule has 1 aliphatic rings. The van der Waals surface area contributed by atoms with E-state index < -0.39 is 0 Å². The van der Waals surface area contributed by atoms with E-state index in [4.69, 9.17) is 16.3 Å². The summed E-state index contributed by atoms with van der Waals surface area (Å²) in [6, 6.07) is 1.85. The Morgan fingerprint density at radius 1 is 1.41 bits per heavy atom. The number of benzene rings is 1. The topological polar surface area (TPSA) is 26.3 Å². The summed E-state index contributed by atoms with van der Waals surface area (Å²) in [6.07, 6.45) is 3.14. The number of Topliss-reactive ketones (excluding diaryl/α,β-unsaturated/α-hetero) is 1. The molecule has 0 amide bonds. The standard InChI is InChI=1S/C14H17ClO2/c1-8-7-11(17-3)12(9(2)13(8)15)14(16)10-5-4-6-10/h7,10H,4-6H2,1-3H3. The molecule has 1 aromatic rings. The molecule has 0 spiro atoms. The second kappa shape index (κ2) is 4.69. The molecule has 2 nitrogen and oxygen atoms in total. The van der Waals surface area contributed by atoms with Gasteiger partial charge in [-0.25, -0.2) is 0 Å². The summed E-state index contributed by atoms with van der Waals surface area (Å²) in [6.45, 7) is 3.82. The van der Waals surface area contributed by atoms with E-state index in [9.17, 15) is 4.79 Å². The summed E-state index contributed by atoms with van der Waals surface area (Å²) in [7, 11) is 1.60. The fourth-order valence-electron chi connectivity index (χ4n) is 2.26. The van der Waals surface area contributed by atoms with Gasteiger partial charge < -0.3 is 4.74 Å². The second-order valence-corrected chi connectivity index (χ2v) is 5.08. The van der Waals surface area contributed by atoms with Crippen LogP contribution in [-0.4, -0.2) is 12.9 Å². The van der Waals surface area contributed by atoms with Crippen molar-refractivity contribution in [3.63, 3.8) is 0 Å². The number of aryl methyl sites for hydroxylation is 1. The lowest BCUT2D eigenvalue weighted by Crippen LogP contribution is -2.23. The average Bonchev–Trinajstić information content (AvgIpc) is 2.22. The van der Waals surface area contributed by atoms with E-state index in [0.29, 0.717) is 16.3 Å². The van der Waals surface area contributed by atoms with Crippen molar-refractivity contribution in [2.75, 3.05) is 7.11 Å². The van der Waals surface area contributed by atoms with E-state index in [2.05, 4.69) is 0 Å². The summed E-state index contributed by atoms with van der Waals surface area (Å²) in [5.74, 6) is 1.01. The number of carbonyl (C=O) groups excluding carboxylic acids is 1. The van der Waals surface area contributed by atoms with Crippen molar-refractivity contribution < 1.29 is 9.53 Å². The van der Waals surface area contributed by atoms with E-state index in [1.165, 1.54) is 0 Å². The van der Waals surface area contributed by atoms with Crippen molar-refractivity contribution in [1.29, 1.82) is 0 Å². The monoisotopic (exact) mass is 252 g/mol. The van der Waals surface area contributed by atoms with Crippen LogP contribution >= 0.6 is 11.6 Å². The van der Waals surface area contributed by atoms with Gasteiger partial charge in [0.1, 0.15) is 5.75 Å². The van der Waals surface area contributed by atoms with Gasteiger partial charge in [-0.1, -0.05) is 18.0 Å². The third kappa shape index (κ3) is 2.06. The molecular formula is C14H17ClO2. The first kappa shape index (κ1) is 12.4. The van der Waals surface area contributed by atoms with E-state index in [0.717, 1.165) is 30.4 Å². The highest BCUT2D eigenvalue weighted by Gasteiger charge is 2.30. The third-order valence-electron chi connectivity index (χ3n) is 3.59. The van der Waals surface area contributed by atoms with E-state index in [-0.39, 0.29) is 11.7 Å². The summed E-state index contributed by atoms with van der Waals surface area (Å²) in [4.78, 5) is 12.4. The molecule has 0 heterocycles. The lowest BCUT2D eigenvalue weighted by molar-refractivity contribution is 0.0851. The first-order valence-corrected chi connectivity index (χ1v) is 6.32. The molecule has 0 saturated heterocycles. The Balaban J connectivity index is 2.50. The Hall–Kier alpha value is -1.02. The normalized spacial score (nSPS) is 15.5. The first-order chi connectivity index (χ1) is 8.06. The first-order valence-electron chi connectivity index (χ1n) is 5.94. The van der Waals surface area contributed by atoms with Crippen molar-refractivity contribution in [3.8, 4) is 5.75 Å². The van der Waals surface area contributed by atoms with E-state index >= 15 is 0 Å². The van der Waals surface area contributed by atoms with E-state index in [1.54, 1.807) is 7.11 Å². The zero-order valence-electron chi connectivity index (χ0n) is 10.5. The predicted molar refractivity (Wildman–Crippen MR) is 69.1 cm³/mol. The maximum atomic E-state index is 12.4.